The zero-order valence-corrected chi connectivity index (χ0v) is 17.3. The number of rotatable bonds is 5. The summed E-state index contributed by atoms with van der Waals surface area (Å²) in [7, 11) is 3.25. The van der Waals surface area contributed by atoms with Crippen LogP contribution in [0.25, 0.3) is 0 Å². The molecule has 6 heteroatoms. The summed E-state index contributed by atoms with van der Waals surface area (Å²) in [6.45, 7) is 2.32. The lowest BCUT2D eigenvalue weighted by molar-refractivity contribution is -0.140. The van der Waals surface area contributed by atoms with Crippen molar-refractivity contribution in [3.05, 3.63) is 45.6 Å². The zero-order valence-electron chi connectivity index (χ0n) is 16.5. The molecule has 0 bridgehead atoms. The quantitative estimate of drug-likeness (QED) is 0.765. The van der Waals surface area contributed by atoms with Crippen LogP contribution in [0, 0.1) is 0 Å². The Kier molecular flexibility index (Phi) is 5.60. The fraction of sp³-hybridized carbons (Fsp3) is 0.500. The van der Waals surface area contributed by atoms with Crippen molar-refractivity contribution in [3.63, 3.8) is 0 Å². The minimum absolute atomic E-state index is 0.165. The number of carbonyl (C=O) groups excluding carboxylic acids is 1. The maximum Gasteiger partial charge on any atom is 0.222 e. The molecule has 1 amide bonds. The topological polar surface area (TPSA) is 48.0 Å². The largest absolute Gasteiger partial charge is 0.493 e. The van der Waals surface area contributed by atoms with Gasteiger partial charge in [-0.2, -0.15) is 0 Å². The molecule has 1 fully saturated rings. The Labute approximate surface area is 170 Å². The lowest BCUT2D eigenvalue weighted by Crippen LogP contribution is -2.47. The van der Waals surface area contributed by atoms with Gasteiger partial charge in [0.15, 0.2) is 11.5 Å². The van der Waals surface area contributed by atoms with Crippen LogP contribution in [0.1, 0.15) is 35.3 Å². The number of piperidine rings is 1. The van der Waals surface area contributed by atoms with E-state index < -0.39 is 0 Å². The van der Waals surface area contributed by atoms with Crippen LogP contribution in [0.5, 0.6) is 11.5 Å². The highest BCUT2D eigenvalue weighted by molar-refractivity contribution is 7.10. The van der Waals surface area contributed by atoms with Crippen LogP contribution in [0.3, 0.4) is 0 Å². The summed E-state index contributed by atoms with van der Waals surface area (Å²) in [6.07, 6.45) is 4.00. The second-order valence-electron chi connectivity index (χ2n) is 7.44. The number of ether oxygens (including phenoxy) is 3. The Morgan fingerprint density at radius 3 is 2.71 bits per heavy atom. The second-order valence-corrected chi connectivity index (χ2v) is 8.35. The van der Waals surface area contributed by atoms with Gasteiger partial charge < -0.3 is 19.1 Å². The molecule has 0 saturated carbocycles. The maximum absolute atomic E-state index is 12.7. The van der Waals surface area contributed by atoms with E-state index in [0.29, 0.717) is 24.3 Å². The Bertz CT molecular complexity index is 839. The first-order chi connectivity index (χ1) is 13.6. The lowest BCUT2D eigenvalue weighted by Gasteiger charge is -2.43. The predicted molar refractivity (Wildman–Crippen MR) is 109 cm³/mol. The number of hydrogen-bond acceptors (Lipinski definition) is 5. The first-order valence-electron chi connectivity index (χ1n) is 9.85. The molecule has 1 aromatic heterocycles. The summed E-state index contributed by atoms with van der Waals surface area (Å²) >= 11 is 1.80. The molecule has 150 valence electrons. The summed E-state index contributed by atoms with van der Waals surface area (Å²) in [6, 6.07) is 8.06. The van der Waals surface area contributed by atoms with E-state index in [4.69, 9.17) is 14.2 Å². The van der Waals surface area contributed by atoms with Gasteiger partial charge in [-0.1, -0.05) is 6.07 Å². The number of methoxy groups -OCH3 is 2. The van der Waals surface area contributed by atoms with E-state index >= 15 is 0 Å². The van der Waals surface area contributed by atoms with E-state index in [2.05, 4.69) is 11.4 Å². The van der Waals surface area contributed by atoms with Gasteiger partial charge in [0.05, 0.1) is 20.8 Å². The van der Waals surface area contributed by atoms with E-state index in [1.165, 1.54) is 10.4 Å². The molecule has 2 aromatic rings. The maximum atomic E-state index is 12.7. The third-order valence-corrected chi connectivity index (χ3v) is 7.05. The molecule has 0 aliphatic carbocycles. The van der Waals surface area contributed by atoms with Gasteiger partial charge in [0, 0.05) is 24.4 Å². The summed E-state index contributed by atoms with van der Waals surface area (Å²) in [5, 5.41) is 2.17. The number of likely N-dealkylation sites (tertiary alicyclic amines) is 1. The van der Waals surface area contributed by atoms with Crippen molar-refractivity contribution >= 4 is 17.2 Å². The standard InChI is InChI=1S/C22H27NO4S/c1-25-18-5-3-16(15-19(18)26-2)4-6-20(24)23-11-9-22(10-12-23)21-17(7-13-27-22)8-14-28-21/h3,5,8,14-15H,4,6-7,9-13H2,1-2H3. The Hall–Kier alpha value is -2.05. The summed E-state index contributed by atoms with van der Waals surface area (Å²) < 4.78 is 16.9. The van der Waals surface area contributed by atoms with Crippen molar-refractivity contribution in [2.45, 2.75) is 37.7 Å². The minimum Gasteiger partial charge on any atom is -0.493 e. The smallest absolute Gasteiger partial charge is 0.222 e. The van der Waals surface area contributed by atoms with Gasteiger partial charge in [-0.05, 0) is 60.4 Å². The molecule has 4 rings (SSSR count). The van der Waals surface area contributed by atoms with E-state index in [1.807, 2.05) is 23.1 Å². The Morgan fingerprint density at radius 2 is 1.96 bits per heavy atom. The zero-order chi connectivity index (χ0) is 19.6. The van der Waals surface area contributed by atoms with E-state index in [-0.39, 0.29) is 11.5 Å². The van der Waals surface area contributed by atoms with E-state index in [9.17, 15) is 4.79 Å². The van der Waals surface area contributed by atoms with Crippen LogP contribution in [-0.4, -0.2) is 44.7 Å². The molecular formula is C22H27NO4S. The number of nitrogens with zero attached hydrogens (tertiary/aromatic N) is 1. The Morgan fingerprint density at radius 1 is 1.18 bits per heavy atom. The highest BCUT2D eigenvalue weighted by atomic mass is 32.1. The van der Waals surface area contributed by atoms with E-state index in [0.717, 1.165) is 44.5 Å². The molecule has 0 atom stereocenters. The van der Waals surface area contributed by atoms with Gasteiger partial charge in [-0.25, -0.2) is 0 Å². The number of amides is 1. The summed E-state index contributed by atoms with van der Waals surface area (Å²) in [5.41, 5.74) is 2.35. The lowest BCUT2D eigenvalue weighted by atomic mass is 9.85. The SMILES string of the molecule is COc1ccc(CCC(=O)N2CCC3(CC2)OCCc2ccsc23)cc1OC. The van der Waals surface area contributed by atoms with Gasteiger partial charge in [0.25, 0.3) is 0 Å². The van der Waals surface area contributed by atoms with Gasteiger partial charge in [-0.3, -0.25) is 4.79 Å². The molecule has 28 heavy (non-hydrogen) atoms. The van der Waals surface area contributed by atoms with Gasteiger partial charge >= 0.3 is 0 Å². The van der Waals surface area contributed by atoms with Crippen LogP contribution >= 0.6 is 11.3 Å². The minimum atomic E-state index is -0.165. The van der Waals surface area contributed by atoms with Crippen LogP contribution < -0.4 is 9.47 Å². The van der Waals surface area contributed by atoms with Crippen molar-refractivity contribution in [1.29, 1.82) is 0 Å². The van der Waals surface area contributed by atoms with Crippen molar-refractivity contribution in [2.75, 3.05) is 33.9 Å². The first-order valence-corrected chi connectivity index (χ1v) is 10.7. The number of aryl methyl sites for hydroxylation is 1. The first kappa shape index (κ1) is 19.3. The molecule has 2 aliphatic rings. The number of hydrogen-bond donors (Lipinski definition) is 0. The van der Waals surface area contributed by atoms with Gasteiger partial charge in [0.2, 0.25) is 5.91 Å². The fourth-order valence-electron chi connectivity index (χ4n) is 4.29. The van der Waals surface area contributed by atoms with Crippen molar-refractivity contribution in [3.8, 4) is 11.5 Å². The van der Waals surface area contributed by atoms with Crippen LogP contribution in [0.4, 0.5) is 0 Å². The third-order valence-electron chi connectivity index (χ3n) is 5.91. The molecular weight excluding hydrogens is 374 g/mol. The average Bonchev–Trinajstić information content (AvgIpc) is 3.23. The molecule has 3 heterocycles. The van der Waals surface area contributed by atoms with Gasteiger partial charge in [-0.15, -0.1) is 11.3 Å². The average molecular weight is 402 g/mol. The van der Waals surface area contributed by atoms with Crippen LogP contribution in [0.15, 0.2) is 29.6 Å². The monoisotopic (exact) mass is 401 g/mol. The summed E-state index contributed by atoms with van der Waals surface area (Å²) in [4.78, 5) is 16.1. The molecule has 1 spiro atoms. The molecule has 1 aromatic carbocycles. The molecule has 0 unspecified atom stereocenters. The predicted octanol–water partition coefficient (Wildman–Crippen LogP) is 3.79. The fourth-order valence-corrected chi connectivity index (χ4v) is 5.46. The Balaban J connectivity index is 1.34. The second kappa shape index (κ2) is 8.13. The normalized spacial score (nSPS) is 18.0. The molecule has 2 aliphatic heterocycles. The molecule has 0 radical (unpaired) electrons. The highest BCUT2D eigenvalue weighted by Gasteiger charge is 2.42. The number of fused-ring (bicyclic) bond motifs is 2. The molecule has 0 N–H and O–H groups in total. The van der Waals surface area contributed by atoms with Crippen molar-refractivity contribution < 1.29 is 19.0 Å². The third kappa shape index (κ3) is 3.63. The number of thiophene rings is 1. The van der Waals surface area contributed by atoms with Crippen molar-refractivity contribution in [2.24, 2.45) is 0 Å². The molecule has 1 saturated heterocycles. The van der Waals surface area contributed by atoms with Gasteiger partial charge in [0.1, 0.15) is 5.60 Å². The molecule has 5 nitrogen and oxygen atoms in total. The number of carbonyl (C=O) groups is 1. The van der Waals surface area contributed by atoms with Crippen LogP contribution in [-0.2, 0) is 28.0 Å². The summed E-state index contributed by atoms with van der Waals surface area (Å²) in [5.74, 6) is 1.62. The van der Waals surface area contributed by atoms with Crippen molar-refractivity contribution in [1.82, 2.24) is 4.90 Å². The highest BCUT2D eigenvalue weighted by Crippen LogP contribution is 2.44. The van der Waals surface area contributed by atoms with Crippen LogP contribution in [0.2, 0.25) is 0 Å². The number of benzene rings is 1. The van der Waals surface area contributed by atoms with E-state index in [1.54, 1.807) is 25.6 Å².